The van der Waals surface area contributed by atoms with Crippen molar-refractivity contribution in [2.24, 2.45) is 5.92 Å². The highest BCUT2D eigenvalue weighted by Crippen LogP contribution is 2.36. The molecule has 0 spiro atoms. The van der Waals surface area contributed by atoms with Gasteiger partial charge in [-0.25, -0.2) is 0 Å². The molecule has 30 heavy (non-hydrogen) atoms. The summed E-state index contributed by atoms with van der Waals surface area (Å²) in [5.41, 5.74) is 4.61. The van der Waals surface area contributed by atoms with Crippen LogP contribution >= 0.6 is 0 Å². The number of rotatable bonds is 7. The first kappa shape index (κ1) is 20.7. The van der Waals surface area contributed by atoms with Gasteiger partial charge in [-0.1, -0.05) is 38.1 Å². The Labute approximate surface area is 178 Å². The number of amides is 1. The molecule has 1 aromatic carbocycles. The molecule has 2 aromatic heterocycles. The molecule has 6 nitrogen and oxygen atoms in total. The van der Waals surface area contributed by atoms with Gasteiger partial charge in [0, 0.05) is 35.8 Å². The van der Waals surface area contributed by atoms with E-state index < -0.39 is 0 Å². The van der Waals surface area contributed by atoms with Gasteiger partial charge in [-0.05, 0) is 49.3 Å². The second-order valence-electron chi connectivity index (χ2n) is 8.85. The van der Waals surface area contributed by atoms with Crippen molar-refractivity contribution in [3.05, 3.63) is 53.0 Å². The average molecular weight is 409 g/mol. The zero-order chi connectivity index (χ0) is 21.3. The van der Waals surface area contributed by atoms with E-state index in [4.69, 9.17) is 4.52 Å². The second-order valence-corrected chi connectivity index (χ2v) is 8.85. The third kappa shape index (κ3) is 4.15. The maximum absolute atomic E-state index is 12.9. The summed E-state index contributed by atoms with van der Waals surface area (Å²) in [6.07, 6.45) is 4.80. The van der Waals surface area contributed by atoms with Crippen LogP contribution in [0.1, 0.15) is 62.2 Å². The summed E-state index contributed by atoms with van der Waals surface area (Å²) < 4.78 is 7.50. The summed E-state index contributed by atoms with van der Waals surface area (Å²) in [5.74, 6) is 1.43. The Hall–Kier alpha value is -2.60. The Balaban J connectivity index is 1.76. The van der Waals surface area contributed by atoms with E-state index in [2.05, 4.69) is 65.5 Å². The van der Waals surface area contributed by atoms with Crippen molar-refractivity contribution >= 4 is 16.8 Å². The lowest BCUT2D eigenvalue weighted by Gasteiger charge is -2.25. The van der Waals surface area contributed by atoms with Crippen molar-refractivity contribution in [3.63, 3.8) is 0 Å². The van der Waals surface area contributed by atoms with Crippen molar-refractivity contribution in [1.82, 2.24) is 20.4 Å². The highest BCUT2D eigenvalue weighted by Gasteiger charge is 2.30. The highest BCUT2D eigenvalue weighted by molar-refractivity contribution is 5.90. The summed E-state index contributed by atoms with van der Waals surface area (Å²) in [5, 5.41) is 12.2. The van der Waals surface area contributed by atoms with Crippen molar-refractivity contribution in [2.75, 3.05) is 6.54 Å². The van der Waals surface area contributed by atoms with Gasteiger partial charge >= 0.3 is 0 Å². The van der Waals surface area contributed by atoms with E-state index in [9.17, 15) is 4.79 Å². The van der Waals surface area contributed by atoms with E-state index in [0.717, 1.165) is 24.3 Å². The zero-order valence-corrected chi connectivity index (χ0v) is 18.4. The highest BCUT2D eigenvalue weighted by atomic mass is 16.5. The molecule has 1 aliphatic heterocycles. The summed E-state index contributed by atoms with van der Waals surface area (Å²) >= 11 is 0. The lowest BCUT2D eigenvalue weighted by Crippen LogP contribution is -2.46. The SMILES string of the molecule is CCCNC(=O)[C@@H]1Cc2cn(Cc3cc(C)on3)c3cccc(c23)[C@H](CC(C)C)N1. The molecular weight excluding hydrogens is 376 g/mol. The third-order valence-corrected chi connectivity index (χ3v) is 5.80. The molecule has 3 heterocycles. The number of nitrogens with zero attached hydrogens (tertiary/aromatic N) is 2. The normalized spacial score (nSPS) is 18.7. The second kappa shape index (κ2) is 8.64. The van der Waals surface area contributed by atoms with E-state index >= 15 is 0 Å². The minimum absolute atomic E-state index is 0.0893. The number of hydrogen-bond donors (Lipinski definition) is 2. The maximum atomic E-state index is 12.9. The van der Waals surface area contributed by atoms with E-state index in [0.29, 0.717) is 25.4 Å². The predicted octanol–water partition coefficient (Wildman–Crippen LogP) is 4.11. The summed E-state index contributed by atoms with van der Waals surface area (Å²) in [6.45, 7) is 9.82. The number of aryl methyl sites for hydroxylation is 1. The molecule has 2 N–H and O–H groups in total. The van der Waals surface area contributed by atoms with Crippen molar-refractivity contribution < 1.29 is 9.32 Å². The maximum Gasteiger partial charge on any atom is 0.237 e. The van der Waals surface area contributed by atoms with Gasteiger partial charge in [-0.15, -0.1) is 0 Å². The quantitative estimate of drug-likeness (QED) is 0.617. The standard InChI is InChI=1S/C24H32N4O2/c1-5-9-25-24(29)21-12-17-13-28(14-18-11-16(4)30-27-18)22-8-6-7-19(23(17)22)20(26-21)10-15(2)3/h6-8,11,13,15,20-21,26H,5,9-10,12,14H2,1-4H3,(H,25,29)/t20-,21-/m0/s1. The van der Waals surface area contributed by atoms with Crippen LogP contribution in [0.2, 0.25) is 0 Å². The van der Waals surface area contributed by atoms with Gasteiger partial charge in [-0.3, -0.25) is 10.1 Å². The smallest absolute Gasteiger partial charge is 0.237 e. The van der Waals surface area contributed by atoms with Crippen molar-refractivity contribution in [2.45, 2.75) is 65.6 Å². The average Bonchev–Trinajstić information content (AvgIpc) is 3.23. The van der Waals surface area contributed by atoms with Gasteiger partial charge in [0.25, 0.3) is 0 Å². The monoisotopic (exact) mass is 408 g/mol. The molecule has 0 saturated heterocycles. The molecule has 160 valence electrons. The van der Waals surface area contributed by atoms with Crippen LogP contribution in [0.4, 0.5) is 0 Å². The molecular formula is C24H32N4O2. The lowest BCUT2D eigenvalue weighted by atomic mass is 9.94. The van der Waals surface area contributed by atoms with E-state index in [-0.39, 0.29) is 18.0 Å². The van der Waals surface area contributed by atoms with E-state index in [1.165, 1.54) is 22.0 Å². The molecule has 2 atom stereocenters. The van der Waals surface area contributed by atoms with Crippen LogP contribution in [0.5, 0.6) is 0 Å². The number of hydrogen-bond acceptors (Lipinski definition) is 4. The fourth-order valence-corrected chi connectivity index (χ4v) is 4.53. The number of carbonyl (C=O) groups excluding carboxylic acids is 1. The topological polar surface area (TPSA) is 72.1 Å². The van der Waals surface area contributed by atoms with Gasteiger partial charge in [0.05, 0.1) is 12.6 Å². The number of benzene rings is 1. The molecule has 0 unspecified atom stereocenters. The van der Waals surface area contributed by atoms with Crippen LogP contribution < -0.4 is 10.6 Å². The van der Waals surface area contributed by atoms with Crippen LogP contribution in [-0.2, 0) is 17.8 Å². The molecule has 3 aromatic rings. The van der Waals surface area contributed by atoms with Gasteiger partial charge in [0.15, 0.2) is 0 Å². The first-order valence-corrected chi connectivity index (χ1v) is 11.0. The van der Waals surface area contributed by atoms with E-state index in [1.54, 1.807) is 0 Å². The van der Waals surface area contributed by atoms with Gasteiger partial charge in [-0.2, -0.15) is 0 Å². The van der Waals surface area contributed by atoms with Gasteiger partial charge in [0.2, 0.25) is 5.91 Å². The summed E-state index contributed by atoms with van der Waals surface area (Å²) in [4.78, 5) is 12.9. The Kier molecular flexibility index (Phi) is 5.95. The molecule has 1 aliphatic rings. The molecule has 0 bridgehead atoms. The molecule has 0 radical (unpaired) electrons. The van der Waals surface area contributed by atoms with Gasteiger partial charge in [0.1, 0.15) is 11.5 Å². The molecule has 0 saturated carbocycles. The van der Waals surface area contributed by atoms with Crippen LogP contribution in [0.25, 0.3) is 10.9 Å². The first-order valence-electron chi connectivity index (χ1n) is 11.0. The Bertz CT molecular complexity index is 1030. The summed E-state index contributed by atoms with van der Waals surface area (Å²) in [7, 11) is 0. The minimum Gasteiger partial charge on any atom is -0.361 e. The van der Waals surface area contributed by atoms with Crippen molar-refractivity contribution in [1.29, 1.82) is 0 Å². The number of aromatic nitrogens is 2. The fraction of sp³-hybridized carbons (Fsp3) is 0.500. The molecule has 0 fully saturated rings. The van der Waals surface area contributed by atoms with Crippen LogP contribution in [-0.4, -0.2) is 28.2 Å². The first-order chi connectivity index (χ1) is 14.5. The molecule has 4 rings (SSSR count). The third-order valence-electron chi connectivity index (χ3n) is 5.80. The molecule has 6 heteroatoms. The number of carbonyl (C=O) groups is 1. The minimum atomic E-state index is -0.235. The lowest BCUT2D eigenvalue weighted by molar-refractivity contribution is -0.123. The predicted molar refractivity (Wildman–Crippen MR) is 118 cm³/mol. The van der Waals surface area contributed by atoms with E-state index in [1.807, 2.05) is 13.0 Å². The Morgan fingerprint density at radius 2 is 2.23 bits per heavy atom. The van der Waals surface area contributed by atoms with Crippen LogP contribution in [0.3, 0.4) is 0 Å². The zero-order valence-electron chi connectivity index (χ0n) is 18.4. The van der Waals surface area contributed by atoms with Crippen LogP contribution in [0, 0.1) is 12.8 Å². The van der Waals surface area contributed by atoms with Crippen LogP contribution in [0.15, 0.2) is 35.0 Å². The van der Waals surface area contributed by atoms with Gasteiger partial charge < -0.3 is 14.4 Å². The number of nitrogens with one attached hydrogen (secondary N) is 2. The Morgan fingerprint density at radius 3 is 2.93 bits per heavy atom. The van der Waals surface area contributed by atoms with Crippen molar-refractivity contribution in [3.8, 4) is 0 Å². The molecule has 0 aliphatic carbocycles. The fourth-order valence-electron chi connectivity index (χ4n) is 4.53. The summed E-state index contributed by atoms with van der Waals surface area (Å²) in [6, 6.07) is 8.39. The largest absolute Gasteiger partial charge is 0.361 e. The Morgan fingerprint density at radius 1 is 1.40 bits per heavy atom. The molecule has 1 amide bonds.